The molecule has 0 aliphatic carbocycles. The highest BCUT2D eigenvalue weighted by Crippen LogP contribution is 2.22. The van der Waals surface area contributed by atoms with Crippen LogP contribution in [0.25, 0.3) is 0 Å². The molecule has 0 bridgehead atoms. The van der Waals surface area contributed by atoms with Crippen molar-refractivity contribution in [2.75, 3.05) is 14.2 Å². The normalized spacial score (nSPS) is 13.3. The molecule has 0 fully saturated rings. The summed E-state index contributed by atoms with van der Waals surface area (Å²) in [6.07, 6.45) is 4.58. The van der Waals surface area contributed by atoms with E-state index in [-0.39, 0.29) is 5.67 Å². The average Bonchev–Trinajstić information content (AvgIpc) is 2.28. The predicted octanol–water partition coefficient (Wildman–Crippen LogP) is 2.18. The molecule has 0 radical (unpaired) electrons. The zero-order valence-electron chi connectivity index (χ0n) is 10.1. The third kappa shape index (κ3) is 3.87. The van der Waals surface area contributed by atoms with Gasteiger partial charge in [0.2, 0.25) is 6.08 Å². The number of nitrogens with zero attached hydrogens (tertiary/aromatic N) is 1. The van der Waals surface area contributed by atoms with Crippen LogP contribution in [0, 0.1) is 0 Å². The van der Waals surface area contributed by atoms with Crippen LogP contribution >= 0.6 is 0 Å². The lowest BCUT2D eigenvalue weighted by molar-refractivity contribution is 0.228. The van der Waals surface area contributed by atoms with E-state index in [4.69, 9.17) is 8.85 Å². The Morgan fingerprint density at radius 2 is 1.93 bits per heavy atom. The molecule has 0 rings (SSSR count). The summed E-state index contributed by atoms with van der Waals surface area (Å²) in [5, 5.41) is 0. The highest BCUT2D eigenvalue weighted by Gasteiger charge is 2.42. The number of isocyanates is 1. The van der Waals surface area contributed by atoms with Gasteiger partial charge in [-0.15, -0.1) is 0 Å². The summed E-state index contributed by atoms with van der Waals surface area (Å²) >= 11 is 0. The van der Waals surface area contributed by atoms with Gasteiger partial charge in [-0.25, -0.2) is 9.79 Å². The Labute approximate surface area is 92.9 Å². The first kappa shape index (κ1) is 14.5. The molecule has 0 heterocycles. The van der Waals surface area contributed by atoms with Crippen molar-refractivity contribution in [3.63, 3.8) is 0 Å². The number of carbonyl (C=O) groups excluding carboxylic acids is 1. The van der Waals surface area contributed by atoms with E-state index in [1.807, 2.05) is 6.92 Å². The van der Waals surface area contributed by atoms with Crippen molar-refractivity contribution >= 4 is 14.6 Å². The highest BCUT2D eigenvalue weighted by molar-refractivity contribution is 6.69. The number of aliphatic imine (C=N–C) groups is 1. The van der Waals surface area contributed by atoms with E-state index in [2.05, 4.69) is 11.9 Å². The van der Waals surface area contributed by atoms with Crippen molar-refractivity contribution in [3.8, 4) is 0 Å². The quantitative estimate of drug-likeness (QED) is 0.365. The van der Waals surface area contributed by atoms with Crippen molar-refractivity contribution in [2.24, 2.45) is 4.99 Å². The molecule has 0 N–H and O–H groups in total. The summed E-state index contributed by atoms with van der Waals surface area (Å²) in [6, 6.07) is 0.791. The SMILES string of the molecule is CCCCC(N=C=O)[Si](CC)(OC)OC. The number of hydrogen-bond acceptors (Lipinski definition) is 4. The van der Waals surface area contributed by atoms with Crippen molar-refractivity contribution in [2.45, 2.75) is 44.8 Å². The van der Waals surface area contributed by atoms with Gasteiger partial charge in [-0.3, -0.25) is 0 Å². The fraction of sp³-hybridized carbons (Fsp3) is 0.900. The topological polar surface area (TPSA) is 47.9 Å². The number of hydrogen-bond donors (Lipinski definition) is 0. The lowest BCUT2D eigenvalue weighted by Gasteiger charge is -2.30. The summed E-state index contributed by atoms with van der Waals surface area (Å²) in [7, 11) is 0.941. The molecular weight excluding hydrogens is 210 g/mol. The van der Waals surface area contributed by atoms with E-state index in [0.29, 0.717) is 0 Å². The van der Waals surface area contributed by atoms with Gasteiger partial charge in [-0.1, -0.05) is 26.7 Å². The van der Waals surface area contributed by atoms with Gasteiger partial charge in [0.15, 0.2) is 0 Å². The van der Waals surface area contributed by atoms with Crippen LogP contribution in [-0.2, 0) is 13.6 Å². The van der Waals surface area contributed by atoms with E-state index in [1.165, 1.54) is 0 Å². The first-order chi connectivity index (χ1) is 7.20. The van der Waals surface area contributed by atoms with Gasteiger partial charge >= 0.3 is 8.56 Å². The molecule has 5 heteroatoms. The van der Waals surface area contributed by atoms with Gasteiger partial charge in [0, 0.05) is 14.2 Å². The third-order valence-corrected chi connectivity index (χ3v) is 6.53. The zero-order valence-corrected chi connectivity index (χ0v) is 11.1. The van der Waals surface area contributed by atoms with Gasteiger partial charge in [0.05, 0.1) is 0 Å². The first-order valence-corrected chi connectivity index (χ1v) is 7.48. The first-order valence-electron chi connectivity index (χ1n) is 5.38. The van der Waals surface area contributed by atoms with E-state index in [1.54, 1.807) is 20.3 Å². The van der Waals surface area contributed by atoms with Gasteiger partial charge in [-0.2, -0.15) is 0 Å². The van der Waals surface area contributed by atoms with E-state index in [9.17, 15) is 4.79 Å². The van der Waals surface area contributed by atoms with Crippen LogP contribution < -0.4 is 0 Å². The maximum atomic E-state index is 10.4. The van der Waals surface area contributed by atoms with Crippen LogP contribution in [0.1, 0.15) is 33.1 Å². The molecule has 0 aromatic rings. The molecule has 15 heavy (non-hydrogen) atoms. The fourth-order valence-corrected chi connectivity index (χ4v) is 4.38. The standard InChI is InChI=1S/C10H21NO3Si/c1-5-7-8-10(11-9-12)15(6-2,13-3)14-4/h10H,5-8H2,1-4H3. The minimum absolute atomic E-state index is 0.130. The van der Waals surface area contributed by atoms with Gasteiger partial charge in [0.1, 0.15) is 5.67 Å². The maximum absolute atomic E-state index is 10.4. The molecular formula is C10H21NO3Si. The van der Waals surface area contributed by atoms with Crippen molar-refractivity contribution in [1.29, 1.82) is 0 Å². The summed E-state index contributed by atoms with van der Waals surface area (Å²) < 4.78 is 11.0. The molecule has 0 aromatic carbocycles. The minimum atomic E-state index is -2.33. The zero-order chi connectivity index (χ0) is 11.7. The van der Waals surface area contributed by atoms with Crippen LogP contribution in [-0.4, -0.2) is 34.5 Å². The Kier molecular flexibility index (Phi) is 7.51. The number of unbranched alkanes of at least 4 members (excludes halogenated alkanes) is 1. The Morgan fingerprint density at radius 1 is 1.33 bits per heavy atom. The van der Waals surface area contributed by atoms with E-state index < -0.39 is 8.56 Å². The summed E-state index contributed by atoms with van der Waals surface area (Å²) in [5.41, 5.74) is -0.130. The molecule has 0 spiro atoms. The highest BCUT2D eigenvalue weighted by atomic mass is 28.4. The predicted molar refractivity (Wildman–Crippen MR) is 61.7 cm³/mol. The van der Waals surface area contributed by atoms with Crippen molar-refractivity contribution in [3.05, 3.63) is 0 Å². The third-order valence-electron chi connectivity index (χ3n) is 2.73. The van der Waals surface area contributed by atoms with Crippen LogP contribution in [0.2, 0.25) is 6.04 Å². The Bertz CT molecular complexity index is 204. The minimum Gasteiger partial charge on any atom is -0.396 e. The molecule has 0 aliphatic rings. The molecule has 88 valence electrons. The van der Waals surface area contributed by atoms with Crippen molar-refractivity contribution in [1.82, 2.24) is 0 Å². The van der Waals surface area contributed by atoms with Gasteiger partial charge in [-0.05, 0) is 12.5 Å². The molecule has 4 nitrogen and oxygen atoms in total. The number of rotatable bonds is 8. The van der Waals surface area contributed by atoms with Gasteiger partial charge in [0.25, 0.3) is 0 Å². The monoisotopic (exact) mass is 231 g/mol. The molecule has 1 atom stereocenters. The molecule has 1 unspecified atom stereocenters. The Hall–Kier alpha value is -0.483. The Balaban J connectivity index is 4.73. The van der Waals surface area contributed by atoms with Crippen LogP contribution in [0.4, 0.5) is 0 Å². The lowest BCUT2D eigenvalue weighted by atomic mass is 10.2. The van der Waals surface area contributed by atoms with Crippen LogP contribution in [0.15, 0.2) is 4.99 Å². The largest absolute Gasteiger partial charge is 0.396 e. The molecule has 0 amide bonds. The average molecular weight is 231 g/mol. The second kappa shape index (κ2) is 7.76. The van der Waals surface area contributed by atoms with Crippen LogP contribution in [0.5, 0.6) is 0 Å². The second-order valence-electron chi connectivity index (χ2n) is 3.45. The van der Waals surface area contributed by atoms with E-state index in [0.717, 1.165) is 25.3 Å². The Morgan fingerprint density at radius 3 is 2.27 bits per heavy atom. The summed E-state index contributed by atoms with van der Waals surface area (Å²) in [5.74, 6) is 0. The molecule has 0 saturated heterocycles. The van der Waals surface area contributed by atoms with Crippen molar-refractivity contribution < 1.29 is 13.6 Å². The summed E-state index contributed by atoms with van der Waals surface area (Å²) in [6.45, 7) is 4.12. The molecule has 0 aromatic heterocycles. The molecule has 0 saturated carbocycles. The smallest absolute Gasteiger partial charge is 0.363 e. The maximum Gasteiger partial charge on any atom is 0.363 e. The molecule has 0 aliphatic heterocycles. The second-order valence-corrected chi connectivity index (χ2v) is 7.27. The van der Waals surface area contributed by atoms with Gasteiger partial charge < -0.3 is 8.85 Å². The van der Waals surface area contributed by atoms with E-state index >= 15 is 0 Å². The summed E-state index contributed by atoms with van der Waals surface area (Å²) in [4.78, 5) is 14.2. The fourth-order valence-electron chi connectivity index (χ4n) is 1.72. The van der Waals surface area contributed by atoms with Crippen LogP contribution in [0.3, 0.4) is 0 Å². The lowest BCUT2D eigenvalue weighted by Crippen LogP contribution is -2.50.